The Bertz CT molecular complexity index is 1100. The molecular weight excluding hydrogens is 447 g/mol. The average molecular weight is 471 g/mol. The molecule has 33 heavy (non-hydrogen) atoms. The maximum atomic E-state index is 12.4. The fourth-order valence-electron chi connectivity index (χ4n) is 3.49. The molecule has 2 amide bonds. The van der Waals surface area contributed by atoms with Crippen molar-refractivity contribution in [2.75, 3.05) is 41.8 Å². The first kappa shape index (κ1) is 22.5. The van der Waals surface area contributed by atoms with Crippen LogP contribution in [-0.2, 0) is 11.2 Å². The lowest BCUT2D eigenvalue weighted by atomic mass is 10.1. The van der Waals surface area contributed by atoms with E-state index in [-0.39, 0.29) is 30.8 Å². The zero-order valence-electron chi connectivity index (χ0n) is 17.7. The molecule has 10 nitrogen and oxygen atoms in total. The molecule has 0 radical (unpaired) electrons. The minimum atomic E-state index is -0.632. The first-order valence-corrected chi connectivity index (χ1v) is 11.3. The molecule has 172 valence electrons. The zero-order valence-corrected chi connectivity index (χ0v) is 18.5. The van der Waals surface area contributed by atoms with Crippen LogP contribution in [-0.4, -0.2) is 64.6 Å². The first-order chi connectivity index (χ1) is 16.1. The first-order valence-electron chi connectivity index (χ1n) is 10.5. The van der Waals surface area contributed by atoms with Crippen LogP contribution in [0.15, 0.2) is 42.6 Å². The third-order valence-electron chi connectivity index (χ3n) is 5.00. The molecule has 1 aliphatic heterocycles. The van der Waals surface area contributed by atoms with Crippen molar-refractivity contribution >= 4 is 39.2 Å². The van der Waals surface area contributed by atoms with Gasteiger partial charge in [0, 0.05) is 37.4 Å². The van der Waals surface area contributed by atoms with Crippen molar-refractivity contribution in [1.82, 2.24) is 25.7 Å². The van der Waals surface area contributed by atoms with Gasteiger partial charge >= 0.3 is 0 Å². The third kappa shape index (κ3) is 6.19. The summed E-state index contributed by atoms with van der Waals surface area (Å²) in [5, 5.41) is 25.8. The van der Waals surface area contributed by atoms with Crippen molar-refractivity contribution in [3.05, 3.63) is 53.7 Å². The summed E-state index contributed by atoms with van der Waals surface area (Å²) >= 11 is 1.26. The van der Waals surface area contributed by atoms with E-state index in [1.165, 1.54) is 11.3 Å². The molecule has 1 fully saturated rings. The van der Waals surface area contributed by atoms with Crippen molar-refractivity contribution in [3.8, 4) is 0 Å². The summed E-state index contributed by atoms with van der Waals surface area (Å²) in [5.41, 5.74) is 1.04. The number of carbonyl (C=O) groups excluding carboxylic acids is 2. The van der Waals surface area contributed by atoms with E-state index < -0.39 is 6.67 Å². The maximum absolute atomic E-state index is 12.4. The van der Waals surface area contributed by atoms with Gasteiger partial charge in [-0.05, 0) is 36.2 Å². The number of alkyl halides is 1. The third-order valence-corrected chi connectivity index (χ3v) is 5.77. The normalized spacial score (nSPS) is 15.3. The van der Waals surface area contributed by atoms with Crippen molar-refractivity contribution in [1.29, 1.82) is 0 Å². The van der Waals surface area contributed by atoms with Crippen LogP contribution in [0.1, 0.15) is 22.3 Å². The van der Waals surface area contributed by atoms with Crippen LogP contribution in [0, 0.1) is 0 Å². The number of nitrogens with zero attached hydrogens (tertiary/aromatic N) is 5. The average Bonchev–Trinajstić information content (AvgIpc) is 3.48. The van der Waals surface area contributed by atoms with Crippen LogP contribution in [0.25, 0.3) is 0 Å². The number of rotatable bonds is 9. The van der Waals surface area contributed by atoms with Crippen LogP contribution >= 0.6 is 11.3 Å². The molecule has 12 heteroatoms. The Balaban J connectivity index is 1.27. The van der Waals surface area contributed by atoms with Gasteiger partial charge in [0.1, 0.15) is 6.67 Å². The Kier molecular flexibility index (Phi) is 7.35. The van der Waals surface area contributed by atoms with Gasteiger partial charge in [-0.15, -0.1) is 15.3 Å². The number of hydrogen-bond acceptors (Lipinski definition) is 9. The number of halogens is 1. The van der Waals surface area contributed by atoms with Crippen LogP contribution in [0.5, 0.6) is 0 Å². The highest BCUT2D eigenvalue weighted by atomic mass is 32.1. The largest absolute Gasteiger partial charge is 0.355 e. The van der Waals surface area contributed by atoms with Gasteiger partial charge in [0.25, 0.3) is 5.91 Å². The molecule has 1 aromatic carbocycles. The fraction of sp³-hybridized carbons (Fsp3) is 0.333. The lowest BCUT2D eigenvalue weighted by molar-refractivity contribution is -0.115. The van der Waals surface area contributed by atoms with Crippen LogP contribution in [0.4, 0.5) is 20.5 Å². The standard InChI is InChI=1S/C21H23FN8O2S/c22-7-9-23-19(32)15-4-1-3-14(11-15)12-18(31)26-21-29-28-20(33-21)25-16-6-10-30(13-16)17-5-2-8-24-27-17/h1-5,8,11,16H,6-7,9-10,12-13H2,(H,23,32)(H,25,28)(H,26,29,31)/t16-/m1/s1. The Morgan fingerprint density at radius 3 is 2.85 bits per heavy atom. The van der Waals surface area contributed by atoms with E-state index in [1.807, 2.05) is 12.1 Å². The van der Waals surface area contributed by atoms with Crippen LogP contribution in [0.2, 0.25) is 0 Å². The van der Waals surface area contributed by atoms with E-state index in [1.54, 1.807) is 30.5 Å². The number of anilines is 3. The second kappa shape index (κ2) is 10.8. The molecule has 3 heterocycles. The van der Waals surface area contributed by atoms with Crippen molar-refractivity contribution in [2.45, 2.75) is 18.9 Å². The molecule has 3 aromatic rings. The highest BCUT2D eigenvalue weighted by molar-refractivity contribution is 7.19. The Morgan fingerprint density at radius 1 is 1.15 bits per heavy atom. The Labute approximate surface area is 193 Å². The molecule has 0 saturated carbocycles. The quantitative estimate of drug-likeness (QED) is 0.433. The van der Waals surface area contributed by atoms with E-state index in [9.17, 15) is 14.0 Å². The number of carbonyl (C=O) groups is 2. The number of nitrogens with one attached hydrogen (secondary N) is 3. The summed E-state index contributed by atoms with van der Waals surface area (Å²) in [6, 6.07) is 10.7. The summed E-state index contributed by atoms with van der Waals surface area (Å²) in [7, 11) is 0. The molecule has 1 aliphatic rings. The summed E-state index contributed by atoms with van der Waals surface area (Å²) in [4.78, 5) is 26.5. The molecule has 0 spiro atoms. The summed E-state index contributed by atoms with van der Waals surface area (Å²) in [6.07, 6.45) is 2.64. The lowest BCUT2D eigenvalue weighted by Crippen LogP contribution is -2.26. The zero-order chi connectivity index (χ0) is 23.0. The molecule has 1 atom stereocenters. The fourth-order valence-corrected chi connectivity index (χ4v) is 4.23. The van der Waals surface area contributed by atoms with Gasteiger partial charge in [-0.3, -0.25) is 9.59 Å². The van der Waals surface area contributed by atoms with Gasteiger partial charge in [0.2, 0.25) is 16.2 Å². The van der Waals surface area contributed by atoms with E-state index in [0.717, 1.165) is 25.3 Å². The second-order valence-corrected chi connectivity index (χ2v) is 8.42. The lowest BCUT2D eigenvalue weighted by Gasteiger charge is -2.16. The Morgan fingerprint density at radius 2 is 2.03 bits per heavy atom. The molecule has 0 unspecified atom stereocenters. The highest BCUT2D eigenvalue weighted by Gasteiger charge is 2.24. The predicted molar refractivity (Wildman–Crippen MR) is 123 cm³/mol. The van der Waals surface area contributed by atoms with Gasteiger partial charge in [0.05, 0.1) is 6.42 Å². The van der Waals surface area contributed by atoms with E-state index in [2.05, 4.69) is 41.2 Å². The maximum Gasteiger partial charge on any atom is 0.251 e. The number of hydrogen-bond donors (Lipinski definition) is 3. The predicted octanol–water partition coefficient (Wildman–Crippen LogP) is 1.90. The summed E-state index contributed by atoms with van der Waals surface area (Å²) in [6.45, 7) is 0.961. The van der Waals surface area contributed by atoms with E-state index in [0.29, 0.717) is 21.4 Å². The topological polar surface area (TPSA) is 125 Å². The van der Waals surface area contributed by atoms with Gasteiger partial charge in [-0.1, -0.05) is 23.5 Å². The van der Waals surface area contributed by atoms with Crippen LogP contribution in [0.3, 0.4) is 0 Å². The molecular formula is C21H23FN8O2S. The molecule has 0 bridgehead atoms. The number of benzene rings is 1. The Hall–Kier alpha value is -3.67. The van der Waals surface area contributed by atoms with E-state index >= 15 is 0 Å². The smallest absolute Gasteiger partial charge is 0.251 e. The minimum absolute atomic E-state index is 0.0454. The van der Waals surface area contributed by atoms with Gasteiger partial charge in [0.15, 0.2) is 5.82 Å². The van der Waals surface area contributed by atoms with Crippen molar-refractivity contribution < 1.29 is 14.0 Å². The van der Waals surface area contributed by atoms with Crippen molar-refractivity contribution in [2.24, 2.45) is 0 Å². The molecule has 3 N–H and O–H groups in total. The second-order valence-electron chi connectivity index (χ2n) is 7.44. The monoisotopic (exact) mass is 470 g/mol. The molecule has 4 rings (SSSR count). The molecule has 1 saturated heterocycles. The van der Waals surface area contributed by atoms with Gasteiger partial charge < -0.3 is 20.9 Å². The van der Waals surface area contributed by atoms with Crippen LogP contribution < -0.4 is 20.9 Å². The number of amides is 2. The summed E-state index contributed by atoms with van der Waals surface area (Å²) in [5.74, 6) is 0.198. The number of aromatic nitrogens is 4. The van der Waals surface area contributed by atoms with Gasteiger partial charge in [-0.25, -0.2) is 4.39 Å². The van der Waals surface area contributed by atoms with E-state index in [4.69, 9.17) is 0 Å². The minimum Gasteiger partial charge on any atom is -0.355 e. The summed E-state index contributed by atoms with van der Waals surface area (Å²) < 4.78 is 12.2. The molecule has 0 aliphatic carbocycles. The highest BCUT2D eigenvalue weighted by Crippen LogP contribution is 2.24. The van der Waals surface area contributed by atoms with Crippen molar-refractivity contribution in [3.63, 3.8) is 0 Å². The van der Waals surface area contributed by atoms with Gasteiger partial charge in [-0.2, -0.15) is 5.10 Å². The molecule has 2 aromatic heterocycles. The SMILES string of the molecule is O=C(Cc1cccc(C(=O)NCCF)c1)Nc1nnc(N[C@@H]2CCN(c3cccnn3)C2)s1.